The molecule has 19 heavy (non-hydrogen) atoms. The number of benzene rings is 1. The van der Waals surface area contributed by atoms with Crippen molar-refractivity contribution in [3.05, 3.63) is 28.8 Å². The highest BCUT2D eigenvalue weighted by Gasteiger charge is 2.15. The maximum atomic E-state index is 12.0. The van der Waals surface area contributed by atoms with Gasteiger partial charge in [-0.2, -0.15) is 0 Å². The Balaban J connectivity index is 2.65. The van der Waals surface area contributed by atoms with Crippen molar-refractivity contribution in [2.24, 2.45) is 0 Å². The van der Waals surface area contributed by atoms with Gasteiger partial charge in [0.2, 0.25) is 5.91 Å². The van der Waals surface area contributed by atoms with Crippen LogP contribution in [0.4, 0.5) is 0 Å². The van der Waals surface area contributed by atoms with E-state index in [0.717, 1.165) is 0 Å². The van der Waals surface area contributed by atoms with Crippen LogP contribution in [0.25, 0.3) is 0 Å². The smallest absolute Gasteiger partial charge is 0.236 e. The van der Waals surface area contributed by atoms with Crippen molar-refractivity contribution in [1.82, 2.24) is 9.80 Å². The number of nitrogens with zero attached hydrogens (tertiary/aromatic N) is 2. The van der Waals surface area contributed by atoms with Crippen molar-refractivity contribution in [3.63, 3.8) is 0 Å². The molecule has 106 valence electrons. The molecule has 4 nitrogen and oxygen atoms in total. The van der Waals surface area contributed by atoms with E-state index in [9.17, 15) is 9.90 Å². The van der Waals surface area contributed by atoms with Gasteiger partial charge in [0.25, 0.3) is 0 Å². The summed E-state index contributed by atoms with van der Waals surface area (Å²) in [4.78, 5) is 15.6. The Morgan fingerprint density at radius 2 is 1.95 bits per heavy atom. The number of carbonyl (C=O) groups excluding carboxylic acids is 1. The highest BCUT2D eigenvalue weighted by molar-refractivity contribution is 6.31. The molecule has 0 aromatic heterocycles. The minimum atomic E-state index is 0.0824. The minimum absolute atomic E-state index is 0.0824. The normalized spacial score (nSPS) is 10.8. The van der Waals surface area contributed by atoms with Crippen LogP contribution < -0.4 is 0 Å². The predicted octanol–water partition coefficient (Wildman–Crippen LogP) is 2.35. The van der Waals surface area contributed by atoms with Gasteiger partial charge in [0.05, 0.1) is 6.54 Å². The Morgan fingerprint density at radius 3 is 2.47 bits per heavy atom. The molecule has 5 heteroatoms. The first-order valence-corrected chi connectivity index (χ1v) is 6.80. The molecule has 0 aliphatic heterocycles. The summed E-state index contributed by atoms with van der Waals surface area (Å²) in [6, 6.07) is 5.03. The number of halogens is 1. The van der Waals surface area contributed by atoms with E-state index in [4.69, 9.17) is 11.6 Å². The number of aromatic hydroxyl groups is 1. The molecule has 0 unspecified atom stereocenters. The summed E-state index contributed by atoms with van der Waals surface area (Å²) in [6.07, 6.45) is 0. The summed E-state index contributed by atoms with van der Waals surface area (Å²) in [5.74, 6) is 0.244. The number of hydrogen-bond donors (Lipinski definition) is 1. The molecule has 0 fully saturated rings. The average Bonchev–Trinajstić information content (AvgIpc) is 2.35. The van der Waals surface area contributed by atoms with Gasteiger partial charge in [-0.25, -0.2) is 0 Å². The second-order valence-corrected chi connectivity index (χ2v) is 4.88. The number of phenols is 1. The summed E-state index contributed by atoms with van der Waals surface area (Å²) in [5, 5.41) is 10.3. The summed E-state index contributed by atoms with van der Waals surface area (Å²) < 4.78 is 0. The molecule has 1 aromatic rings. The SMILES string of the molecule is CCN(CC)C(=O)CN(C)Cc1c(O)cccc1Cl. The number of likely N-dealkylation sites (N-methyl/N-ethyl adjacent to an activating group) is 2. The first-order chi connectivity index (χ1) is 8.99. The van der Waals surface area contributed by atoms with Crippen LogP contribution in [-0.4, -0.2) is 47.5 Å². The summed E-state index contributed by atoms with van der Waals surface area (Å²) >= 11 is 6.05. The number of phenolic OH excluding ortho intramolecular Hbond substituents is 1. The number of carbonyl (C=O) groups is 1. The molecule has 1 aromatic carbocycles. The van der Waals surface area contributed by atoms with Gasteiger partial charge in [-0.1, -0.05) is 17.7 Å². The predicted molar refractivity (Wildman–Crippen MR) is 77.4 cm³/mol. The van der Waals surface area contributed by atoms with Crippen LogP contribution in [0.2, 0.25) is 5.02 Å². The molecule has 0 spiro atoms. The van der Waals surface area contributed by atoms with E-state index in [1.165, 1.54) is 0 Å². The Bertz CT molecular complexity index is 413. The topological polar surface area (TPSA) is 43.8 Å². The van der Waals surface area contributed by atoms with Gasteiger partial charge < -0.3 is 10.0 Å². The summed E-state index contributed by atoms with van der Waals surface area (Å²) in [7, 11) is 1.84. The molecule has 0 aliphatic rings. The maximum Gasteiger partial charge on any atom is 0.236 e. The second kappa shape index (κ2) is 7.36. The lowest BCUT2D eigenvalue weighted by molar-refractivity contribution is -0.131. The van der Waals surface area contributed by atoms with E-state index in [1.54, 1.807) is 23.1 Å². The Kier molecular flexibility index (Phi) is 6.12. The van der Waals surface area contributed by atoms with Crippen molar-refractivity contribution < 1.29 is 9.90 Å². The van der Waals surface area contributed by atoms with Crippen molar-refractivity contribution in [1.29, 1.82) is 0 Å². The van der Waals surface area contributed by atoms with Gasteiger partial charge in [-0.15, -0.1) is 0 Å². The first kappa shape index (κ1) is 15.8. The molecule has 1 N–H and O–H groups in total. The lowest BCUT2D eigenvalue weighted by Gasteiger charge is -2.23. The first-order valence-electron chi connectivity index (χ1n) is 6.42. The third-order valence-electron chi connectivity index (χ3n) is 3.04. The molecule has 1 rings (SSSR count). The van der Waals surface area contributed by atoms with Crippen molar-refractivity contribution in [2.45, 2.75) is 20.4 Å². The molecule has 0 radical (unpaired) electrons. The highest BCUT2D eigenvalue weighted by atomic mass is 35.5. The van der Waals surface area contributed by atoms with Gasteiger partial charge in [0.15, 0.2) is 0 Å². The maximum absolute atomic E-state index is 12.0. The Hall–Kier alpha value is -1.26. The van der Waals surface area contributed by atoms with E-state index in [-0.39, 0.29) is 11.7 Å². The van der Waals surface area contributed by atoms with Crippen LogP contribution in [-0.2, 0) is 11.3 Å². The largest absolute Gasteiger partial charge is 0.508 e. The molecule has 0 saturated heterocycles. The van der Waals surface area contributed by atoms with Crippen LogP contribution in [0.3, 0.4) is 0 Å². The monoisotopic (exact) mass is 284 g/mol. The fraction of sp³-hybridized carbons (Fsp3) is 0.500. The van der Waals surface area contributed by atoms with Crippen molar-refractivity contribution in [3.8, 4) is 5.75 Å². The fourth-order valence-corrected chi connectivity index (χ4v) is 2.17. The van der Waals surface area contributed by atoms with Crippen molar-refractivity contribution >= 4 is 17.5 Å². The van der Waals surface area contributed by atoms with Crippen LogP contribution >= 0.6 is 11.6 Å². The highest BCUT2D eigenvalue weighted by Crippen LogP contribution is 2.26. The molecular formula is C14H21ClN2O2. The van der Waals surface area contributed by atoms with Crippen LogP contribution in [0.15, 0.2) is 18.2 Å². The quantitative estimate of drug-likeness (QED) is 0.872. The summed E-state index contributed by atoms with van der Waals surface area (Å²) in [6.45, 7) is 6.09. The lowest BCUT2D eigenvalue weighted by atomic mass is 10.2. The molecule has 0 heterocycles. The molecular weight excluding hydrogens is 264 g/mol. The molecule has 0 saturated carbocycles. The zero-order valence-electron chi connectivity index (χ0n) is 11.7. The van der Waals surface area contributed by atoms with E-state index >= 15 is 0 Å². The third-order valence-corrected chi connectivity index (χ3v) is 3.40. The zero-order chi connectivity index (χ0) is 14.4. The lowest BCUT2D eigenvalue weighted by Crippen LogP contribution is -2.38. The standard InChI is InChI=1S/C14H21ClN2O2/c1-4-17(5-2)14(19)10-16(3)9-11-12(15)7-6-8-13(11)18/h6-8,18H,4-5,9-10H2,1-3H3. The molecule has 0 aliphatic carbocycles. The van der Waals surface area contributed by atoms with Gasteiger partial charge in [0, 0.05) is 30.2 Å². The van der Waals surface area contributed by atoms with Crippen LogP contribution in [0, 0.1) is 0 Å². The Morgan fingerprint density at radius 1 is 1.32 bits per heavy atom. The van der Waals surface area contributed by atoms with E-state index in [2.05, 4.69) is 0 Å². The van der Waals surface area contributed by atoms with Crippen LogP contribution in [0.5, 0.6) is 5.75 Å². The molecule has 0 atom stereocenters. The van der Waals surface area contributed by atoms with Gasteiger partial charge in [-0.05, 0) is 33.0 Å². The second-order valence-electron chi connectivity index (χ2n) is 4.48. The van der Waals surface area contributed by atoms with E-state index in [0.29, 0.717) is 36.8 Å². The number of hydrogen-bond acceptors (Lipinski definition) is 3. The number of amides is 1. The van der Waals surface area contributed by atoms with Crippen LogP contribution in [0.1, 0.15) is 19.4 Å². The van der Waals surface area contributed by atoms with E-state index < -0.39 is 0 Å². The molecule has 1 amide bonds. The van der Waals surface area contributed by atoms with Gasteiger partial charge >= 0.3 is 0 Å². The van der Waals surface area contributed by atoms with Gasteiger partial charge in [0.1, 0.15) is 5.75 Å². The zero-order valence-corrected chi connectivity index (χ0v) is 12.4. The van der Waals surface area contributed by atoms with E-state index in [1.807, 2.05) is 25.8 Å². The minimum Gasteiger partial charge on any atom is -0.508 e. The Labute approximate surface area is 119 Å². The average molecular weight is 285 g/mol. The number of rotatable bonds is 6. The summed E-state index contributed by atoms with van der Waals surface area (Å²) in [5.41, 5.74) is 0.652. The van der Waals surface area contributed by atoms with Crippen molar-refractivity contribution in [2.75, 3.05) is 26.7 Å². The molecule has 0 bridgehead atoms. The fourth-order valence-electron chi connectivity index (χ4n) is 1.94. The van der Waals surface area contributed by atoms with Gasteiger partial charge in [-0.3, -0.25) is 9.69 Å². The third kappa shape index (κ3) is 4.40.